The van der Waals surface area contributed by atoms with Crippen molar-refractivity contribution in [3.8, 4) is 6.07 Å². The second-order valence-corrected chi connectivity index (χ2v) is 5.73. The van der Waals surface area contributed by atoms with Crippen molar-refractivity contribution in [2.45, 2.75) is 25.9 Å². The van der Waals surface area contributed by atoms with Crippen molar-refractivity contribution in [2.24, 2.45) is 0 Å². The van der Waals surface area contributed by atoms with E-state index in [4.69, 9.17) is 5.26 Å². The second kappa shape index (κ2) is 7.35. The molecule has 2 nitrogen and oxygen atoms in total. The summed E-state index contributed by atoms with van der Waals surface area (Å²) >= 11 is 3.43. The van der Waals surface area contributed by atoms with Crippen LogP contribution in [0.1, 0.15) is 36.1 Å². The van der Waals surface area contributed by atoms with Gasteiger partial charge in [0.05, 0.1) is 5.56 Å². The van der Waals surface area contributed by atoms with Crippen molar-refractivity contribution in [3.63, 3.8) is 0 Å². The molecule has 0 aliphatic heterocycles. The number of halogens is 2. The zero-order valence-electron chi connectivity index (χ0n) is 11.7. The van der Waals surface area contributed by atoms with Gasteiger partial charge in [-0.3, -0.25) is 0 Å². The van der Waals surface area contributed by atoms with E-state index in [2.05, 4.69) is 40.3 Å². The molecule has 0 heterocycles. The van der Waals surface area contributed by atoms with Gasteiger partial charge in [-0.1, -0.05) is 41.1 Å². The van der Waals surface area contributed by atoms with Gasteiger partial charge in [0.1, 0.15) is 11.9 Å². The first-order chi connectivity index (χ1) is 10.1. The Morgan fingerprint density at radius 2 is 1.95 bits per heavy atom. The number of nitrogens with one attached hydrogen (secondary N) is 1. The molecule has 0 aromatic heterocycles. The maximum absolute atomic E-state index is 13.3. The van der Waals surface area contributed by atoms with Crippen LogP contribution in [0.15, 0.2) is 46.9 Å². The highest BCUT2D eigenvalue weighted by molar-refractivity contribution is 9.10. The van der Waals surface area contributed by atoms with Gasteiger partial charge >= 0.3 is 0 Å². The van der Waals surface area contributed by atoms with E-state index in [0.29, 0.717) is 6.54 Å². The Morgan fingerprint density at radius 1 is 1.24 bits per heavy atom. The molecule has 21 heavy (non-hydrogen) atoms. The average molecular weight is 347 g/mol. The molecule has 0 fully saturated rings. The normalized spacial score (nSPS) is 11.9. The van der Waals surface area contributed by atoms with Crippen LogP contribution in [0.4, 0.5) is 4.39 Å². The largest absolute Gasteiger partial charge is 0.306 e. The van der Waals surface area contributed by atoms with E-state index >= 15 is 0 Å². The third kappa shape index (κ3) is 4.13. The topological polar surface area (TPSA) is 35.8 Å². The van der Waals surface area contributed by atoms with Crippen molar-refractivity contribution in [2.75, 3.05) is 0 Å². The van der Waals surface area contributed by atoms with Crippen LogP contribution in [0.5, 0.6) is 0 Å². The molecule has 0 saturated carbocycles. The lowest BCUT2D eigenvalue weighted by Gasteiger charge is -2.18. The van der Waals surface area contributed by atoms with Gasteiger partial charge in [-0.15, -0.1) is 0 Å². The molecule has 2 rings (SSSR count). The number of nitrogens with zero attached hydrogens (tertiary/aromatic N) is 1. The van der Waals surface area contributed by atoms with Crippen molar-refractivity contribution < 1.29 is 4.39 Å². The smallest absolute Gasteiger partial charge is 0.140 e. The molecule has 0 bridgehead atoms. The van der Waals surface area contributed by atoms with Gasteiger partial charge in [0, 0.05) is 17.1 Å². The summed E-state index contributed by atoms with van der Waals surface area (Å²) in [4.78, 5) is 0. The minimum absolute atomic E-state index is 0.0889. The number of hydrogen-bond acceptors (Lipinski definition) is 2. The Kier molecular flexibility index (Phi) is 5.49. The van der Waals surface area contributed by atoms with E-state index in [-0.39, 0.29) is 11.6 Å². The summed E-state index contributed by atoms with van der Waals surface area (Å²) in [5, 5.41) is 12.3. The van der Waals surface area contributed by atoms with Crippen LogP contribution in [-0.2, 0) is 6.54 Å². The van der Waals surface area contributed by atoms with Crippen molar-refractivity contribution >= 4 is 15.9 Å². The number of benzene rings is 2. The predicted molar refractivity (Wildman–Crippen MR) is 85.1 cm³/mol. The van der Waals surface area contributed by atoms with Gasteiger partial charge in [-0.25, -0.2) is 4.39 Å². The van der Waals surface area contributed by atoms with Gasteiger partial charge in [-0.2, -0.15) is 5.26 Å². The van der Waals surface area contributed by atoms with Crippen LogP contribution in [-0.4, -0.2) is 0 Å². The quantitative estimate of drug-likeness (QED) is 0.851. The zero-order valence-corrected chi connectivity index (χ0v) is 13.3. The van der Waals surface area contributed by atoms with Gasteiger partial charge in [0.2, 0.25) is 0 Å². The van der Waals surface area contributed by atoms with E-state index in [1.165, 1.54) is 11.6 Å². The molecule has 1 unspecified atom stereocenters. The highest BCUT2D eigenvalue weighted by atomic mass is 79.9. The molecule has 2 aromatic carbocycles. The summed E-state index contributed by atoms with van der Waals surface area (Å²) < 4.78 is 14.3. The first-order valence-electron chi connectivity index (χ1n) is 6.81. The first kappa shape index (κ1) is 15.7. The maximum Gasteiger partial charge on any atom is 0.140 e. The Balaban J connectivity index is 2.07. The fraction of sp³-hybridized carbons (Fsp3) is 0.235. The van der Waals surface area contributed by atoms with Gasteiger partial charge < -0.3 is 5.32 Å². The van der Waals surface area contributed by atoms with Crippen molar-refractivity contribution in [1.82, 2.24) is 5.32 Å². The van der Waals surface area contributed by atoms with E-state index in [1.54, 1.807) is 12.1 Å². The van der Waals surface area contributed by atoms with Crippen LogP contribution in [0.2, 0.25) is 0 Å². The zero-order chi connectivity index (χ0) is 15.2. The molecule has 0 spiro atoms. The number of rotatable bonds is 5. The molecular weight excluding hydrogens is 331 g/mol. The van der Waals surface area contributed by atoms with Gasteiger partial charge in [-0.05, 0) is 41.8 Å². The molecule has 0 radical (unpaired) electrons. The van der Waals surface area contributed by atoms with Crippen LogP contribution in [0.3, 0.4) is 0 Å². The first-order valence-corrected chi connectivity index (χ1v) is 7.60. The van der Waals surface area contributed by atoms with E-state index < -0.39 is 5.82 Å². The summed E-state index contributed by atoms with van der Waals surface area (Å²) in [6.45, 7) is 2.72. The molecule has 1 N–H and O–H groups in total. The molecule has 0 saturated heterocycles. The summed E-state index contributed by atoms with van der Waals surface area (Å²) in [6.07, 6.45) is 0.952. The lowest BCUT2D eigenvalue weighted by atomic mass is 10.0. The van der Waals surface area contributed by atoms with Crippen LogP contribution in [0, 0.1) is 17.1 Å². The predicted octanol–water partition coefficient (Wildman–Crippen LogP) is 4.70. The third-order valence-corrected chi connectivity index (χ3v) is 3.91. The lowest BCUT2D eigenvalue weighted by molar-refractivity contribution is 0.518. The third-order valence-electron chi connectivity index (χ3n) is 3.38. The van der Waals surface area contributed by atoms with Gasteiger partial charge in [0.25, 0.3) is 0 Å². The summed E-state index contributed by atoms with van der Waals surface area (Å²) in [5.41, 5.74) is 2.21. The molecule has 1 atom stereocenters. The molecule has 0 aliphatic rings. The minimum atomic E-state index is -0.471. The Morgan fingerprint density at radius 3 is 2.57 bits per heavy atom. The molecule has 108 valence electrons. The minimum Gasteiger partial charge on any atom is -0.306 e. The second-order valence-electron chi connectivity index (χ2n) is 4.82. The van der Waals surface area contributed by atoms with Crippen molar-refractivity contribution in [3.05, 3.63) is 69.4 Å². The Hall–Kier alpha value is -1.70. The number of hydrogen-bond donors (Lipinski definition) is 1. The fourth-order valence-electron chi connectivity index (χ4n) is 2.20. The molecule has 2 aromatic rings. The Labute approximate surface area is 132 Å². The lowest BCUT2D eigenvalue weighted by Crippen LogP contribution is -2.20. The number of nitriles is 1. The molecule has 4 heteroatoms. The summed E-state index contributed by atoms with van der Waals surface area (Å²) in [6, 6.07) is 14.9. The molecule has 0 aliphatic carbocycles. The van der Waals surface area contributed by atoms with E-state index in [1.807, 2.05) is 18.2 Å². The van der Waals surface area contributed by atoms with E-state index in [0.717, 1.165) is 16.5 Å². The highest BCUT2D eigenvalue weighted by Gasteiger charge is 2.09. The van der Waals surface area contributed by atoms with Gasteiger partial charge in [0.15, 0.2) is 0 Å². The molecular formula is C17H16BrFN2. The summed E-state index contributed by atoms with van der Waals surface area (Å²) in [7, 11) is 0. The maximum atomic E-state index is 13.3. The summed E-state index contributed by atoms with van der Waals surface area (Å²) in [5.74, 6) is -0.471. The van der Waals surface area contributed by atoms with Crippen LogP contribution in [0.25, 0.3) is 0 Å². The highest BCUT2D eigenvalue weighted by Crippen LogP contribution is 2.20. The molecule has 0 amide bonds. The van der Waals surface area contributed by atoms with Crippen LogP contribution < -0.4 is 5.32 Å². The van der Waals surface area contributed by atoms with Crippen molar-refractivity contribution in [1.29, 1.82) is 5.26 Å². The SMILES string of the molecule is CCC(NCc1ccc(F)c(C#N)c1)c1ccc(Br)cc1. The average Bonchev–Trinajstić information content (AvgIpc) is 2.51. The Bertz CT molecular complexity index is 647. The van der Waals surface area contributed by atoms with E-state index in [9.17, 15) is 4.39 Å². The monoisotopic (exact) mass is 346 g/mol. The standard InChI is InChI=1S/C17H16BrFN2/c1-2-17(13-4-6-15(18)7-5-13)21-11-12-3-8-16(19)14(9-12)10-20/h3-9,17,21H,2,11H2,1H3. The van der Waals surface area contributed by atoms with Crippen LogP contribution >= 0.6 is 15.9 Å². The fourth-order valence-corrected chi connectivity index (χ4v) is 2.47.